The summed E-state index contributed by atoms with van der Waals surface area (Å²) in [6, 6.07) is 0. The summed E-state index contributed by atoms with van der Waals surface area (Å²) < 4.78 is 49.6. The summed E-state index contributed by atoms with van der Waals surface area (Å²) in [5.74, 6) is -0.00687. The van der Waals surface area contributed by atoms with Gasteiger partial charge in [-0.1, -0.05) is 11.6 Å². The number of rotatable bonds is 7. The lowest BCUT2D eigenvalue weighted by Crippen LogP contribution is -2.61. The number of alkyl halides is 2. The number of amides is 1. The smallest absolute Gasteiger partial charge is 0.410 e. The normalized spacial score (nSPS) is 40.5. The van der Waals surface area contributed by atoms with E-state index in [1.54, 1.807) is 16.9 Å². The molecule has 0 radical (unpaired) electrons. The van der Waals surface area contributed by atoms with Gasteiger partial charge in [-0.15, -0.1) is 0 Å². The number of nitrogens with zero attached hydrogens (tertiary/aromatic N) is 2. The zero-order valence-electron chi connectivity index (χ0n) is 20.7. The molecule has 4 saturated heterocycles. The molecule has 5 fully saturated rings. The molecule has 0 bridgehead atoms. The highest BCUT2D eigenvalue weighted by molar-refractivity contribution is 5.69. The number of carbonyl (C=O) groups is 1. The first kappa shape index (κ1) is 24.4. The van der Waals surface area contributed by atoms with Crippen LogP contribution >= 0.6 is 0 Å². The Labute approximate surface area is 200 Å². The van der Waals surface area contributed by atoms with Gasteiger partial charge in [0.15, 0.2) is 0 Å². The second kappa shape index (κ2) is 8.68. The molecule has 9 heteroatoms. The first-order valence-electron chi connectivity index (χ1n) is 12.5. The third-order valence-corrected chi connectivity index (χ3v) is 8.71. The third kappa shape index (κ3) is 4.38. The Bertz CT molecular complexity index is 824. The maximum Gasteiger partial charge on any atom is 0.410 e. The molecule has 7 nitrogen and oxygen atoms in total. The van der Waals surface area contributed by atoms with Crippen molar-refractivity contribution >= 4 is 6.09 Å². The van der Waals surface area contributed by atoms with Crippen LogP contribution in [-0.2, 0) is 18.9 Å². The van der Waals surface area contributed by atoms with Crippen molar-refractivity contribution in [2.24, 2.45) is 11.3 Å². The molecule has 0 N–H and O–H groups in total. The van der Waals surface area contributed by atoms with E-state index in [4.69, 9.17) is 18.9 Å². The second-order valence-corrected chi connectivity index (χ2v) is 11.5. The van der Waals surface area contributed by atoms with Crippen LogP contribution in [-0.4, -0.2) is 98.3 Å². The summed E-state index contributed by atoms with van der Waals surface area (Å²) in [7, 11) is 1.67. The van der Waals surface area contributed by atoms with Gasteiger partial charge >= 0.3 is 6.09 Å². The average Bonchev–Trinajstić information content (AvgIpc) is 3.61. The quantitative estimate of drug-likeness (QED) is 0.407. The van der Waals surface area contributed by atoms with E-state index < -0.39 is 6.43 Å². The molecule has 1 aliphatic carbocycles. The van der Waals surface area contributed by atoms with Crippen LogP contribution in [0.5, 0.6) is 0 Å². The molecule has 0 unspecified atom stereocenters. The van der Waals surface area contributed by atoms with Gasteiger partial charge in [0.25, 0.3) is 6.43 Å². The minimum absolute atomic E-state index is 0.00687. The number of allylic oxidation sites excluding steroid dienone is 1. The summed E-state index contributed by atoms with van der Waals surface area (Å²) in [6.45, 7) is 9.22. The topological polar surface area (TPSA) is 67.1 Å². The molecule has 1 saturated carbocycles. The van der Waals surface area contributed by atoms with Crippen LogP contribution in [0, 0.1) is 11.3 Å². The Hall–Kier alpha value is -1.29. The summed E-state index contributed by atoms with van der Waals surface area (Å²) in [4.78, 5) is 16.5. The number of methoxy groups -OCH3 is 1. The highest BCUT2D eigenvalue weighted by Crippen LogP contribution is 2.59. The van der Waals surface area contributed by atoms with Crippen LogP contribution in [0.15, 0.2) is 11.6 Å². The number of hydrogen-bond acceptors (Lipinski definition) is 6. The van der Waals surface area contributed by atoms with E-state index in [-0.39, 0.29) is 53.5 Å². The molecule has 0 aromatic heterocycles. The van der Waals surface area contributed by atoms with Crippen LogP contribution < -0.4 is 0 Å². The van der Waals surface area contributed by atoms with E-state index in [9.17, 15) is 13.6 Å². The van der Waals surface area contributed by atoms with Gasteiger partial charge < -0.3 is 23.8 Å². The van der Waals surface area contributed by atoms with Crippen LogP contribution in [0.3, 0.4) is 0 Å². The Balaban J connectivity index is 1.20. The van der Waals surface area contributed by atoms with Gasteiger partial charge in [0.1, 0.15) is 23.4 Å². The molecule has 1 amide bonds. The van der Waals surface area contributed by atoms with Gasteiger partial charge in [0, 0.05) is 32.2 Å². The van der Waals surface area contributed by atoms with Crippen molar-refractivity contribution in [3.8, 4) is 0 Å². The lowest BCUT2D eigenvalue weighted by Gasteiger charge is -2.48. The predicted molar refractivity (Wildman–Crippen MR) is 121 cm³/mol. The number of halogens is 2. The molecule has 0 aromatic rings. The SMILES string of the molecule is CO[C@@H]1[C@H](OC(=O)N2CC3(CCN(CC(F)F)C3)C2)CC[C@]2(CO2)[C@H]1[C@@]1(C)O[C@@H]1CC=C(C)C. The van der Waals surface area contributed by atoms with Crippen LogP contribution in [0.25, 0.3) is 0 Å². The highest BCUT2D eigenvalue weighted by Gasteiger charge is 2.72. The Morgan fingerprint density at radius 3 is 2.59 bits per heavy atom. The van der Waals surface area contributed by atoms with Crippen molar-refractivity contribution in [3.05, 3.63) is 11.6 Å². The fourth-order valence-electron chi connectivity index (χ4n) is 6.80. The molecule has 4 heterocycles. The van der Waals surface area contributed by atoms with Gasteiger partial charge in [-0.25, -0.2) is 13.6 Å². The van der Waals surface area contributed by atoms with E-state index in [1.807, 2.05) is 0 Å². The maximum atomic E-state index is 13.0. The van der Waals surface area contributed by atoms with Gasteiger partial charge in [-0.3, -0.25) is 4.90 Å². The van der Waals surface area contributed by atoms with Crippen LogP contribution in [0.1, 0.15) is 46.5 Å². The molecule has 34 heavy (non-hydrogen) atoms. The highest BCUT2D eigenvalue weighted by atomic mass is 19.3. The van der Waals surface area contributed by atoms with Crippen molar-refractivity contribution in [2.75, 3.05) is 46.4 Å². The fourth-order valence-corrected chi connectivity index (χ4v) is 6.80. The summed E-state index contributed by atoms with van der Waals surface area (Å²) in [5, 5.41) is 0. The number of hydrogen-bond donors (Lipinski definition) is 0. The van der Waals surface area contributed by atoms with Crippen LogP contribution in [0.4, 0.5) is 13.6 Å². The van der Waals surface area contributed by atoms with E-state index in [2.05, 4.69) is 26.8 Å². The number of ether oxygens (including phenoxy) is 4. The van der Waals surface area contributed by atoms with E-state index >= 15 is 0 Å². The molecule has 192 valence electrons. The zero-order chi connectivity index (χ0) is 24.3. The standard InChI is InChI=1S/C25H38F2N2O5/c1-16(2)5-6-18-23(3,34-18)21-20(31-4)17(7-8-25(21)15-32-25)33-22(30)29-13-24(14-29)9-10-28(12-24)11-19(26)27/h5,17-21H,6-15H2,1-4H3/t17-,18-,20-,21-,23+,25+/m1/s1. The second-order valence-electron chi connectivity index (χ2n) is 11.5. The zero-order valence-corrected chi connectivity index (χ0v) is 20.7. The third-order valence-electron chi connectivity index (χ3n) is 8.71. The van der Waals surface area contributed by atoms with Crippen LogP contribution in [0.2, 0.25) is 0 Å². The van der Waals surface area contributed by atoms with Crippen molar-refractivity contribution < 1.29 is 32.5 Å². The molecule has 6 atom stereocenters. The lowest BCUT2D eigenvalue weighted by atomic mass is 9.68. The molecule has 0 aromatic carbocycles. The van der Waals surface area contributed by atoms with Gasteiger partial charge in [-0.2, -0.15) is 0 Å². The van der Waals surface area contributed by atoms with Crippen molar-refractivity contribution in [2.45, 2.75) is 82.4 Å². The largest absolute Gasteiger partial charge is 0.443 e. The molecular weight excluding hydrogens is 446 g/mol. The summed E-state index contributed by atoms with van der Waals surface area (Å²) in [5.41, 5.74) is 0.577. The van der Waals surface area contributed by atoms with E-state index in [1.165, 1.54) is 5.57 Å². The minimum Gasteiger partial charge on any atom is -0.443 e. The molecular formula is C25H38F2N2O5. The first-order chi connectivity index (χ1) is 16.1. The predicted octanol–water partition coefficient (Wildman–Crippen LogP) is 3.47. The maximum absolute atomic E-state index is 13.0. The molecule has 2 spiro atoms. The monoisotopic (exact) mass is 484 g/mol. The molecule has 5 aliphatic rings. The molecule has 5 rings (SSSR count). The number of carbonyl (C=O) groups excluding carboxylic acids is 1. The lowest BCUT2D eigenvalue weighted by molar-refractivity contribution is -0.127. The number of likely N-dealkylation sites (tertiary alicyclic amines) is 2. The Morgan fingerprint density at radius 2 is 1.97 bits per heavy atom. The first-order valence-corrected chi connectivity index (χ1v) is 12.5. The number of epoxide rings is 2. The Morgan fingerprint density at radius 1 is 1.24 bits per heavy atom. The van der Waals surface area contributed by atoms with Crippen molar-refractivity contribution in [1.82, 2.24) is 9.80 Å². The van der Waals surface area contributed by atoms with Crippen molar-refractivity contribution in [1.29, 1.82) is 0 Å². The summed E-state index contributed by atoms with van der Waals surface area (Å²) in [6.07, 6.45) is 2.19. The fraction of sp³-hybridized carbons (Fsp3) is 0.880. The summed E-state index contributed by atoms with van der Waals surface area (Å²) >= 11 is 0. The van der Waals surface area contributed by atoms with Gasteiger partial charge in [0.05, 0.1) is 25.2 Å². The molecule has 4 aliphatic heterocycles. The Kier molecular flexibility index (Phi) is 6.23. The van der Waals surface area contributed by atoms with Crippen molar-refractivity contribution in [3.63, 3.8) is 0 Å². The minimum atomic E-state index is -2.32. The van der Waals surface area contributed by atoms with E-state index in [0.29, 0.717) is 39.2 Å². The van der Waals surface area contributed by atoms with Gasteiger partial charge in [-0.05, 0) is 53.0 Å². The van der Waals surface area contributed by atoms with E-state index in [0.717, 1.165) is 19.3 Å². The average molecular weight is 485 g/mol. The van der Waals surface area contributed by atoms with Gasteiger partial charge in [0.2, 0.25) is 0 Å².